The lowest BCUT2D eigenvalue weighted by Gasteiger charge is -2.15. The van der Waals surface area contributed by atoms with Gasteiger partial charge in [-0.05, 0) is 50.2 Å². The van der Waals surface area contributed by atoms with Crippen LogP contribution in [0.3, 0.4) is 0 Å². The molecular weight excluding hydrogens is 332 g/mol. The van der Waals surface area contributed by atoms with E-state index in [0.717, 1.165) is 0 Å². The van der Waals surface area contributed by atoms with Gasteiger partial charge >= 0.3 is 6.03 Å². The minimum atomic E-state index is -0.594. The molecule has 0 bridgehead atoms. The largest absolute Gasteiger partial charge is 0.456 e. The van der Waals surface area contributed by atoms with Gasteiger partial charge in [0, 0.05) is 12.2 Å². The number of nitrogens with zero attached hydrogens (tertiary/aromatic N) is 1. The lowest BCUT2D eigenvalue weighted by Crippen LogP contribution is -2.45. The van der Waals surface area contributed by atoms with Crippen molar-refractivity contribution in [2.75, 3.05) is 11.9 Å². The number of nitrogens with one attached hydrogen (secondary N) is 3. The van der Waals surface area contributed by atoms with Crippen LogP contribution >= 0.6 is 0 Å². The highest BCUT2D eigenvalue weighted by atomic mass is 16.5. The fraction of sp³-hybridized carbons (Fsp3) is 0.211. The maximum absolute atomic E-state index is 11.9. The highest BCUT2D eigenvalue weighted by Crippen LogP contribution is 2.25. The molecule has 3 amide bonds. The molecule has 0 aliphatic rings. The average molecular weight is 352 g/mol. The second-order valence-electron chi connectivity index (χ2n) is 5.45. The normalized spacial score (nSPS) is 11.0. The minimum absolute atomic E-state index is 0.431. The molecule has 0 saturated carbocycles. The van der Waals surface area contributed by atoms with Crippen molar-refractivity contribution in [3.63, 3.8) is 0 Å². The number of urea groups is 1. The van der Waals surface area contributed by atoms with Crippen LogP contribution in [-0.4, -0.2) is 24.5 Å². The van der Waals surface area contributed by atoms with E-state index in [1.54, 1.807) is 62.4 Å². The molecule has 3 N–H and O–H groups in total. The van der Waals surface area contributed by atoms with Gasteiger partial charge in [0.1, 0.15) is 23.6 Å². The summed E-state index contributed by atoms with van der Waals surface area (Å²) in [6.07, 6.45) is 0. The number of hydrogen-bond acceptors (Lipinski definition) is 5. The molecule has 0 spiro atoms. The van der Waals surface area contributed by atoms with Crippen LogP contribution in [0.15, 0.2) is 48.5 Å². The van der Waals surface area contributed by atoms with E-state index in [9.17, 15) is 9.59 Å². The third-order valence-electron chi connectivity index (χ3n) is 3.44. The third-order valence-corrected chi connectivity index (χ3v) is 3.44. The Morgan fingerprint density at radius 2 is 1.85 bits per heavy atom. The van der Waals surface area contributed by atoms with Crippen molar-refractivity contribution < 1.29 is 14.3 Å². The van der Waals surface area contributed by atoms with Gasteiger partial charge in [-0.25, -0.2) is 4.79 Å². The number of carbonyl (C=O) groups is 2. The summed E-state index contributed by atoms with van der Waals surface area (Å²) in [5.41, 5.74) is 1.15. The first kappa shape index (κ1) is 18.8. The van der Waals surface area contributed by atoms with Crippen LogP contribution in [0.25, 0.3) is 0 Å². The van der Waals surface area contributed by atoms with Crippen LogP contribution in [0.4, 0.5) is 10.5 Å². The highest BCUT2D eigenvalue weighted by Gasteiger charge is 2.15. The number of nitriles is 1. The fourth-order valence-corrected chi connectivity index (χ4v) is 2.13. The van der Waals surface area contributed by atoms with Crippen LogP contribution in [0.5, 0.6) is 11.5 Å². The Labute approximate surface area is 152 Å². The summed E-state index contributed by atoms with van der Waals surface area (Å²) >= 11 is 0. The van der Waals surface area contributed by atoms with Crippen LogP contribution in [0, 0.1) is 11.3 Å². The number of anilines is 1. The molecule has 26 heavy (non-hydrogen) atoms. The van der Waals surface area contributed by atoms with Gasteiger partial charge in [0.2, 0.25) is 5.91 Å². The number of amides is 3. The monoisotopic (exact) mass is 352 g/mol. The third kappa shape index (κ3) is 5.24. The topological polar surface area (TPSA) is 103 Å². The molecule has 2 aromatic carbocycles. The molecule has 0 radical (unpaired) electrons. The summed E-state index contributed by atoms with van der Waals surface area (Å²) in [7, 11) is 0. The fourth-order valence-electron chi connectivity index (χ4n) is 2.13. The van der Waals surface area contributed by atoms with Crippen LogP contribution in [0.2, 0.25) is 0 Å². The number of imide groups is 1. The molecule has 7 heteroatoms. The van der Waals surface area contributed by atoms with Crippen molar-refractivity contribution in [3.8, 4) is 17.6 Å². The van der Waals surface area contributed by atoms with Gasteiger partial charge in [0.05, 0.1) is 5.56 Å². The van der Waals surface area contributed by atoms with E-state index in [1.165, 1.54) is 0 Å². The van der Waals surface area contributed by atoms with E-state index in [0.29, 0.717) is 29.3 Å². The Bertz CT molecular complexity index is 812. The first-order valence-electron chi connectivity index (χ1n) is 8.15. The van der Waals surface area contributed by atoms with E-state index in [2.05, 4.69) is 22.0 Å². The number of benzene rings is 2. The molecule has 1 atom stereocenters. The predicted molar refractivity (Wildman–Crippen MR) is 98.0 cm³/mol. The summed E-state index contributed by atoms with van der Waals surface area (Å²) < 4.78 is 5.70. The summed E-state index contributed by atoms with van der Waals surface area (Å²) in [6.45, 7) is 3.86. The number of ether oxygens (including phenoxy) is 1. The summed E-state index contributed by atoms with van der Waals surface area (Å²) in [4.78, 5) is 23.3. The maximum Gasteiger partial charge on any atom is 0.321 e. The van der Waals surface area contributed by atoms with Gasteiger partial charge in [0.15, 0.2) is 0 Å². The van der Waals surface area contributed by atoms with E-state index in [4.69, 9.17) is 10.00 Å². The summed E-state index contributed by atoms with van der Waals surface area (Å²) in [6, 6.07) is 14.9. The lowest BCUT2D eigenvalue weighted by molar-refractivity contribution is -0.120. The zero-order chi connectivity index (χ0) is 18.9. The smallest absolute Gasteiger partial charge is 0.321 e. The van der Waals surface area contributed by atoms with Gasteiger partial charge < -0.3 is 15.4 Å². The predicted octanol–water partition coefficient (Wildman–Crippen LogP) is 3.00. The van der Waals surface area contributed by atoms with Crippen molar-refractivity contribution in [3.05, 3.63) is 54.1 Å². The number of hydrogen-bond donors (Lipinski definition) is 3. The van der Waals surface area contributed by atoms with Gasteiger partial charge in [-0.2, -0.15) is 5.26 Å². The van der Waals surface area contributed by atoms with E-state index in [-0.39, 0.29) is 0 Å². The molecule has 1 unspecified atom stereocenters. The molecule has 134 valence electrons. The van der Waals surface area contributed by atoms with Crippen molar-refractivity contribution >= 4 is 17.6 Å². The molecule has 7 nitrogen and oxygen atoms in total. The van der Waals surface area contributed by atoms with Crippen molar-refractivity contribution in [2.45, 2.75) is 19.9 Å². The van der Waals surface area contributed by atoms with E-state index >= 15 is 0 Å². The van der Waals surface area contributed by atoms with E-state index in [1.807, 2.05) is 0 Å². The zero-order valence-corrected chi connectivity index (χ0v) is 14.6. The first-order valence-corrected chi connectivity index (χ1v) is 8.15. The molecule has 0 saturated heterocycles. The summed E-state index contributed by atoms with van der Waals surface area (Å²) in [5.74, 6) is 0.613. The van der Waals surface area contributed by atoms with Gasteiger partial charge in [0.25, 0.3) is 0 Å². The van der Waals surface area contributed by atoms with Crippen LogP contribution in [-0.2, 0) is 4.79 Å². The van der Waals surface area contributed by atoms with E-state index < -0.39 is 18.0 Å². The molecule has 0 aliphatic heterocycles. The van der Waals surface area contributed by atoms with Crippen LogP contribution < -0.4 is 20.7 Å². The number of carbonyl (C=O) groups excluding carboxylic acids is 2. The summed E-state index contributed by atoms with van der Waals surface area (Å²) in [5, 5.41) is 16.8. The van der Waals surface area contributed by atoms with Crippen molar-refractivity contribution in [1.29, 1.82) is 5.26 Å². The molecule has 2 aromatic rings. The van der Waals surface area contributed by atoms with Crippen LogP contribution in [0.1, 0.15) is 19.4 Å². The average Bonchev–Trinajstić information content (AvgIpc) is 2.64. The Hall–Kier alpha value is -3.53. The quantitative estimate of drug-likeness (QED) is 0.741. The SMILES string of the molecule is CCNC(=O)NC(=O)C(C)Nc1ccc(Oc2ccccc2C#N)cc1. The molecule has 0 fully saturated rings. The molecule has 0 aromatic heterocycles. The van der Waals surface area contributed by atoms with Gasteiger partial charge in [-0.15, -0.1) is 0 Å². The van der Waals surface area contributed by atoms with Crippen molar-refractivity contribution in [1.82, 2.24) is 10.6 Å². The zero-order valence-electron chi connectivity index (χ0n) is 14.6. The Morgan fingerprint density at radius 3 is 2.50 bits per heavy atom. The second kappa shape index (κ2) is 9.08. The number of rotatable bonds is 6. The Morgan fingerprint density at radius 1 is 1.15 bits per heavy atom. The first-order chi connectivity index (χ1) is 12.5. The molecule has 0 heterocycles. The molecule has 0 aliphatic carbocycles. The van der Waals surface area contributed by atoms with Crippen molar-refractivity contribution in [2.24, 2.45) is 0 Å². The Kier molecular flexibility index (Phi) is 6.57. The lowest BCUT2D eigenvalue weighted by atomic mass is 10.2. The standard InChI is InChI=1S/C19H20N4O3/c1-3-21-19(25)23-18(24)13(2)22-15-8-10-16(11-9-15)26-17-7-5-4-6-14(17)12-20/h4-11,13,22H,3H2,1-2H3,(H2,21,23,24,25). The molecular formula is C19H20N4O3. The second-order valence-corrected chi connectivity index (χ2v) is 5.45. The van der Waals surface area contributed by atoms with Gasteiger partial charge in [-0.1, -0.05) is 12.1 Å². The Balaban J connectivity index is 1.96. The molecule has 2 rings (SSSR count). The highest BCUT2D eigenvalue weighted by molar-refractivity contribution is 5.97. The maximum atomic E-state index is 11.9. The van der Waals surface area contributed by atoms with Gasteiger partial charge in [-0.3, -0.25) is 10.1 Å². The minimum Gasteiger partial charge on any atom is -0.456 e. The number of para-hydroxylation sites is 1.